The number of piperazine rings is 1. The van der Waals surface area contributed by atoms with Gasteiger partial charge in [-0.1, -0.05) is 12.1 Å². The normalized spacial score (nSPS) is 18.0. The molecule has 0 radical (unpaired) electrons. The highest BCUT2D eigenvalue weighted by atomic mass is 32.2. The lowest BCUT2D eigenvalue weighted by Gasteiger charge is -2.26. The van der Waals surface area contributed by atoms with Gasteiger partial charge in [0, 0.05) is 55.5 Å². The van der Waals surface area contributed by atoms with Crippen molar-refractivity contribution in [2.24, 2.45) is 0 Å². The molecule has 4 rings (SSSR count). The number of benzene rings is 2. The summed E-state index contributed by atoms with van der Waals surface area (Å²) >= 11 is 1.99. The zero-order valence-electron chi connectivity index (χ0n) is 18.5. The van der Waals surface area contributed by atoms with Crippen LogP contribution in [0.4, 0.5) is 5.69 Å². The molecule has 176 valence electrons. The summed E-state index contributed by atoms with van der Waals surface area (Å²) in [7, 11) is -3.78. The molecule has 2 aliphatic rings. The molecule has 2 N–H and O–H groups in total. The van der Waals surface area contributed by atoms with Gasteiger partial charge in [0.15, 0.2) is 0 Å². The molecule has 2 aromatic rings. The Morgan fingerprint density at radius 3 is 2.48 bits per heavy atom. The molecule has 0 atom stereocenters. The fourth-order valence-corrected chi connectivity index (χ4v) is 6.30. The van der Waals surface area contributed by atoms with Crippen molar-refractivity contribution in [1.82, 2.24) is 14.5 Å². The number of sulfonamides is 1. The minimum Gasteiger partial charge on any atom is -0.354 e. The average Bonchev–Trinajstić information content (AvgIpc) is 2.81. The van der Waals surface area contributed by atoms with Crippen LogP contribution in [0, 0.1) is 6.92 Å². The Bertz CT molecular complexity index is 1130. The predicted molar refractivity (Wildman–Crippen MR) is 130 cm³/mol. The summed E-state index contributed by atoms with van der Waals surface area (Å²) in [6, 6.07) is 11.8. The molecule has 0 bridgehead atoms. The van der Waals surface area contributed by atoms with Crippen molar-refractivity contribution in [1.29, 1.82) is 0 Å². The van der Waals surface area contributed by atoms with Gasteiger partial charge in [-0.05, 0) is 48.4 Å². The molecular weight excluding hydrogens is 460 g/mol. The maximum Gasteiger partial charge on any atom is 0.255 e. The first-order valence-corrected chi connectivity index (χ1v) is 13.5. The van der Waals surface area contributed by atoms with E-state index in [0.717, 1.165) is 35.2 Å². The Kier molecular flexibility index (Phi) is 7.38. The van der Waals surface area contributed by atoms with Gasteiger partial charge in [0.25, 0.3) is 5.91 Å². The third kappa shape index (κ3) is 5.75. The Morgan fingerprint density at radius 2 is 1.82 bits per heavy atom. The van der Waals surface area contributed by atoms with E-state index >= 15 is 0 Å². The summed E-state index contributed by atoms with van der Waals surface area (Å²) in [5.41, 5.74) is 3.29. The van der Waals surface area contributed by atoms with Crippen LogP contribution in [-0.4, -0.2) is 73.7 Å². The Labute approximate surface area is 198 Å². The van der Waals surface area contributed by atoms with Gasteiger partial charge in [-0.15, -0.1) is 0 Å². The molecule has 2 saturated heterocycles. The van der Waals surface area contributed by atoms with Crippen molar-refractivity contribution >= 4 is 39.3 Å². The molecule has 2 fully saturated rings. The smallest absolute Gasteiger partial charge is 0.255 e. The highest BCUT2D eigenvalue weighted by Gasteiger charge is 2.29. The van der Waals surface area contributed by atoms with E-state index in [9.17, 15) is 18.0 Å². The first-order valence-electron chi connectivity index (χ1n) is 10.9. The van der Waals surface area contributed by atoms with Crippen LogP contribution in [0.25, 0.3) is 0 Å². The summed E-state index contributed by atoms with van der Waals surface area (Å²) in [5.74, 6) is 1.71. The number of nitrogens with zero attached hydrogens (tertiary/aromatic N) is 2. The minimum atomic E-state index is -3.78. The summed E-state index contributed by atoms with van der Waals surface area (Å²) in [4.78, 5) is 26.8. The van der Waals surface area contributed by atoms with Crippen molar-refractivity contribution in [2.75, 3.05) is 49.5 Å². The first-order chi connectivity index (χ1) is 15.8. The molecule has 33 heavy (non-hydrogen) atoms. The number of hydrogen-bond acceptors (Lipinski definition) is 6. The monoisotopic (exact) mass is 488 g/mol. The van der Waals surface area contributed by atoms with Gasteiger partial charge in [-0.2, -0.15) is 16.1 Å². The van der Waals surface area contributed by atoms with Crippen LogP contribution >= 0.6 is 11.8 Å². The zero-order chi connectivity index (χ0) is 23.4. The fraction of sp³-hybridized carbons (Fsp3) is 0.391. The van der Waals surface area contributed by atoms with Gasteiger partial charge in [-0.3, -0.25) is 14.5 Å². The van der Waals surface area contributed by atoms with Gasteiger partial charge in [0.2, 0.25) is 15.9 Å². The minimum absolute atomic E-state index is 0.0606. The maximum atomic E-state index is 12.8. The van der Waals surface area contributed by atoms with Crippen molar-refractivity contribution in [3.8, 4) is 0 Å². The fourth-order valence-electron chi connectivity index (χ4n) is 3.92. The van der Waals surface area contributed by atoms with Crippen LogP contribution in [0.1, 0.15) is 21.5 Å². The molecule has 8 nitrogen and oxygen atoms in total. The van der Waals surface area contributed by atoms with Crippen molar-refractivity contribution in [3.05, 3.63) is 59.2 Å². The number of carbonyl (C=O) groups is 2. The number of aryl methyl sites for hydroxylation is 1. The van der Waals surface area contributed by atoms with E-state index < -0.39 is 10.0 Å². The van der Waals surface area contributed by atoms with Gasteiger partial charge in [-0.25, -0.2) is 8.42 Å². The molecule has 10 heteroatoms. The van der Waals surface area contributed by atoms with Gasteiger partial charge in [0.05, 0.1) is 11.4 Å². The summed E-state index contributed by atoms with van der Waals surface area (Å²) in [5, 5.41) is 5.53. The van der Waals surface area contributed by atoms with E-state index in [0.29, 0.717) is 5.56 Å². The third-order valence-electron chi connectivity index (χ3n) is 5.81. The highest BCUT2D eigenvalue weighted by Crippen LogP contribution is 2.21. The van der Waals surface area contributed by atoms with Gasteiger partial charge >= 0.3 is 0 Å². The molecule has 2 aromatic carbocycles. The van der Waals surface area contributed by atoms with E-state index in [2.05, 4.69) is 21.6 Å². The topological polar surface area (TPSA) is 98.8 Å². The Morgan fingerprint density at radius 1 is 1.09 bits per heavy atom. The largest absolute Gasteiger partial charge is 0.354 e. The van der Waals surface area contributed by atoms with Crippen molar-refractivity contribution in [2.45, 2.75) is 18.4 Å². The molecule has 0 aliphatic carbocycles. The molecule has 0 aromatic heterocycles. The van der Waals surface area contributed by atoms with E-state index in [-0.39, 0.29) is 36.3 Å². The predicted octanol–water partition coefficient (Wildman–Crippen LogP) is 1.92. The number of nitrogens with one attached hydrogen (secondary N) is 2. The quantitative estimate of drug-likeness (QED) is 0.645. The molecular formula is C23H28N4O4S2. The molecule has 2 aliphatic heterocycles. The average molecular weight is 489 g/mol. The molecule has 0 saturated carbocycles. The third-order valence-corrected chi connectivity index (χ3v) is 8.61. The first kappa shape index (κ1) is 23.7. The maximum absolute atomic E-state index is 12.8. The standard InChI is InChI=1S/C23H28N4O4S2/c1-17-14-18(15-26-10-12-32-13-11-26)2-7-21(17)25-23(29)19-3-5-20(6-4-19)33(30,31)27-9-8-24-22(28)16-27/h2-7,14H,8-13,15-16H2,1H3,(H,24,28)(H,25,29). The van der Waals surface area contributed by atoms with Crippen LogP contribution in [0.3, 0.4) is 0 Å². The summed E-state index contributed by atoms with van der Waals surface area (Å²) < 4.78 is 26.7. The van der Waals surface area contributed by atoms with Crippen LogP contribution in [0.15, 0.2) is 47.4 Å². The number of hydrogen-bond donors (Lipinski definition) is 2. The number of carbonyl (C=O) groups excluding carboxylic acids is 2. The van der Waals surface area contributed by atoms with E-state index in [4.69, 9.17) is 0 Å². The van der Waals surface area contributed by atoms with Gasteiger partial charge in [0.1, 0.15) is 0 Å². The van der Waals surface area contributed by atoms with E-state index in [1.807, 2.05) is 30.8 Å². The molecule has 2 heterocycles. The number of rotatable bonds is 6. The summed E-state index contributed by atoms with van der Waals surface area (Å²) in [6.45, 7) is 5.38. The Balaban J connectivity index is 1.40. The second-order valence-corrected chi connectivity index (χ2v) is 11.4. The second-order valence-electron chi connectivity index (χ2n) is 8.20. The van der Waals surface area contributed by atoms with Crippen LogP contribution in [0.2, 0.25) is 0 Å². The van der Waals surface area contributed by atoms with Crippen LogP contribution in [0.5, 0.6) is 0 Å². The molecule has 0 unspecified atom stereocenters. The molecule has 0 spiro atoms. The van der Waals surface area contributed by atoms with E-state index in [1.165, 1.54) is 41.3 Å². The molecule has 2 amide bonds. The SMILES string of the molecule is Cc1cc(CN2CCSCC2)ccc1NC(=O)c1ccc(S(=O)(=O)N2CCNC(=O)C2)cc1. The second kappa shape index (κ2) is 10.3. The lowest BCUT2D eigenvalue weighted by atomic mass is 10.1. The van der Waals surface area contributed by atoms with Crippen LogP contribution in [-0.2, 0) is 21.4 Å². The number of thioether (sulfide) groups is 1. The van der Waals surface area contributed by atoms with Crippen molar-refractivity contribution in [3.63, 3.8) is 0 Å². The lowest BCUT2D eigenvalue weighted by Crippen LogP contribution is -2.49. The van der Waals surface area contributed by atoms with E-state index in [1.54, 1.807) is 0 Å². The lowest BCUT2D eigenvalue weighted by molar-refractivity contribution is -0.122. The highest BCUT2D eigenvalue weighted by molar-refractivity contribution is 7.99. The zero-order valence-corrected chi connectivity index (χ0v) is 20.2. The van der Waals surface area contributed by atoms with Crippen molar-refractivity contribution < 1.29 is 18.0 Å². The summed E-state index contributed by atoms with van der Waals surface area (Å²) in [6.07, 6.45) is 0. The van der Waals surface area contributed by atoms with Crippen LogP contribution < -0.4 is 10.6 Å². The van der Waals surface area contributed by atoms with Gasteiger partial charge < -0.3 is 10.6 Å². The number of amides is 2. The number of anilines is 1. The Hall–Kier alpha value is -2.40.